The lowest BCUT2D eigenvalue weighted by Crippen LogP contribution is -2.27. The maximum atomic E-state index is 13.6. The first-order chi connectivity index (χ1) is 5.95. The number of hydrogen-bond donors (Lipinski definition) is 1. The number of aliphatic hydroxyl groups excluding tert-OH is 1. The van der Waals surface area contributed by atoms with Crippen molar-refractivity contribution in [3.05, 3.63) is 0 Å². The molecule has 1 rings (SSSR count). The summed E-state index contributed by atoms with van der Waals surface area (Å²) in [5.74, 6) is 0.940. The largest absolute Gasteiger partial charge is 0.390 e. The Morgan fingerprint density at radius 2 is 1.54 bits per heavy atom. The molecule has 0 bridgehead atoms. The second-order valence-corrected chi connectivity index (χ2v) is 4.99. The molecule has 0 radical (unpaired) electrons. The third kappa shape index (κ3) is 2.04. The number of aliphatic hydroxyl groups is 1. The first kappa shape index (κ1) is 11.0. The molecule has 1 aliphatic rings. The maximum Gasteiger partial charge on any atom is 0.129 e. The van der Waals surface area contributed by atoms with Gasteiger partial charge in [-0.1, -0.05) is 27.7 Å². The van der Waals surface area contributed by atoms with Crippen LogP contribution in [-0.4, -0.2) is 17.4 Å². The highest BCUT2D eigenvalue weighted by Crippen LogP contribution is 2.41. The summed E-state index contributed by atoms with van der Waals surface area (Å²) >= 11 is 0. The molecule has 2 heteroatoms. The third-order valence-electron chi connectivity index (χ3n) is 3.43. The number of halogens is 1. The van der Waals surface area contributed by atoms with Crippen LogP contribution in [0.2, 0.25) is 0 Å². The summed E-state index contributed by atoms with van der Waals surface area (Å²) in [5, 5.41) is 9.67. The Hall–Kier alpha value is -0.110. The lowest BCUT2D eigenvalue weighted by molar-refractivity contribution is 0.0401. The second-order valence-electron chi connectivity index (χ2n) is 4.99. The molecule has 4 atom stereocenters. The zero-order valence-corrected chi connectivity index (χ0v) is 9.00. The molecule has 1 nitrogen and oxygen atoms in total. The van der Waals surface area contributed by atoms with Crippen LogP contribution in [0.1, 0.15) is 34.1 Å². The van der Waals surface area contributed by atoms with Crippen LogP contribution in [0.5, 0.6) is 0 Å². The number of rotatable bonds is 2. The summed E-state index contributed by atoms with van der Waals surface area (Å²) in [5.41, 5.74) is 0. The molecule has 1 fully saturated rings. The highest BCUT2D eigenvalue weighted by Gasteiger charge is 2.44. The fourth-order valence-corrected chi connectivity index (χ4v) is 2.38. The van der Waals surface area contributed by atoms with Gasteiger partial charge in [0.15, 0.2) is 0 Å². The number of alkyl halides is 1. The van der Waals surface area contributed by atoms with E-state index in [1.165, 1.54) is 0 Å². The monoisotopic (exact) mass is 188 g/mol. The quantitative estimate of drug-likeness (QED) is 0.706. The molecular formula is C11H21FO. The minimum Gasteiger partial charge on any atom is -0.390 e. The smallest absolute Gasteiger partial charge is 0.129 e. The van der Waals surface area contributed by atoms with E-state index < -0.39 is 12.3 Å². The average molecular weight is 188 g/mol. The van der Waals surface area contributed by atoms with Gasteiger partial charge in [0.1, 0.15) is 6.17 Å². The van der Waals surface area contributed by atoms with Gasteiger partial charge >= 0.3 is 0 Å². The lowest BCUT2D eigenvalue weighted by atomic mass is 9.89. The first-order valence-corrected chi connectivity index (χ1v) is 5.27. The highest BCUT2D eigenvalue weighted by atomic mass is 19.1. The van der Waals surface area contributed by atoms with Crippen molar-refractivity contribution in [3.8, 4) is 0 Å². The summed E-state index contributed by atoms with van der Waals surface area (Å²) < 4.78 is 13.6. The molecule has 0 aromatic carbocycles. The van der Waals surface area contributed by atoms with Gasteiger partial charge in [0, 0.05) is 0 Å². The summed E-state index contributed by atoms with van der Waals surface area (Å²) in [6, 6.07) is 0. The minimum absolute atomic E-state index is 0.0578. The van der Waals surface area contributed by atoms with Crippen molar-refractivity contribution in [2.24, 2.45) is 23.7 Å². The van der Waals surface area contributed by atoms with Crippen molar-refractivity contribution in [2.75, 3.05) is 0 Å². The van der Waals surface area contributed by atoms with Gasteiger partial charge in [-0.05, 0) is 30.1 Å². The predicted molar refractivity (Wildman–Crippen MR) is 52.2 cm³/mol. The first-order valence-electron chi connectivity index (χ1n) is 5.27. The molecule has 0 spiro atoms. The van der Waals surface area contributed by atoms with Crippen molar-refractivity contribution < 1.29 is 9.50 Å². The molecule has 0 saturated heterocycles. The van der Waals surface area contributed by atoms with E-state index in [-0.39, 0.29) is 11.8 Å². The van der Waals surface area contributed by atoms with Crippen LogP contribution in [0.15, 0.2) is 0 Å². The van der Waals surface area contributed by atoms with E-state index in [2.05, 4.69) is 13.8 Å². The van der Waals surface area contributed by atoms with Gasteiger partial charge in [0.2, 0.25) is 0 Å². The van der Waals surface area contributed by atoms with E-state index in [4.69, 9.17) is 0 Å². The van der Waals surface area contributed by atoms with Crippen molar-refractivity contribution in [1.29, 1.82) is 0 Å². The Balaban J connectivity index is 2.66. The highest BCUT2D eigenvalue weighted by molar-refractivity contribution is 4.93. The minimum atomic E-state index is -1.01. The zero-order valence-electron chi connectivity index (χ0n) is 9.00. The molecule has 0 aromatic rings. The van der Waals surface area contributed by atoms with Crippen molar-refractivity contribution in [3.63, 3.8) is 0 Å². The fraction of sp³-hybridized carbons (Fsp3) is 1.00. The van der Waals surface area contributed by atoms with Gasteiger partial charge in [0.05, 0.1) is 6.10 Å². The van der Waals surface area contributed by atoms with Gasteiger partial charge in [-0.2, -0.15) is 0 Å². The van der Waals surface area contributed by atoms with Crippen molar-refractivity contribution >= 4 is 0 Å². The molecule has 1 N–H and O–H groups in total. The van der Waals surface area contributed by atoms with Gasteiger partial charge in [-0.15, -0.1) is 0 Å². The SMILES string of the molecule is CC(C)C1CC(C(C)C)C(F)C1O. The summed E-state index contributed by atoms with van der Waals surface area (Å²) in [7, 11) is 0. The molecule has 1 saturated carbocycles. The lowest BCUT2D eigenvalue weighted by Gasteiger charge is -2.18. The van der Waals surface area contributed by atoms with Crippen LogP contribution in [0.4, 0.5) is 4.39 Å². The molecular weight excluding hydrogens is 167 g/mol. The van der Waals surface area contributed by atoms with Crippen molar-refractivity contribution in [2.45, 2.75) is 46.4 Å². The molecule has 1 aliphatic carbocycles. The predicted octanol–water partition coefficient (Wildman–Crippen LogP) is 2.63. The Labute approximate surface area is 80.3 Å². The van der Waals surface area contributed by atoms with E-state index in [1.807, 2.05) is 13.8 Å². The van der Waals surface area contributed by atoms with Crippen molar-refractivity contribution in [1.82, 2.24) is 0 Å². The third-order valence-corrected chi connectivity index (χ3v) is 3.43. The summed E-state index contributed by atoms with van der Waals surface area (Å²) in [6.07, 6.45) is -0.891. The molecule has 13 heavy (non-hydrogen) atoms. The normalized spacial score (nSPS) is 40.6. The van der Waals surface area contributed by atoms with Crippen LogP contribution >= 0.6 is 0 Å². The van der Waals surface area contributed by atoms with E-state index in [0.29, 0.717) is 11.8 Å². The summed E-state index contributed by atoms with van der Waals surface area (Å²) in [6.45, 7) is 8.19. The molecule has 0 amide bonds. The Bertz CT molecular complexity index is 149. The second kappa shape index (κ2) is 3.95. The summed E-state index contributed by atoms with van der Waals surface area (Å²) in [4.78, 5) is 0. The Morgan fingerprint density at radius 1 is 1.08 bits per heavy atom. The van der Waals surface area contributed by atoms with Crippen LogP contribution < -0.4 is 0 Å². The molecule has 78 valence electrons. The van der Waals surface area contributed by atoms with Crippen LogP contribution in [0, 0.1) is 23.7 Å². The van der Waals surface area contributed by atoms with Gasteiger partial charge < -0.3 is 5.11 Å². The maximum absolute atomic E-state index is 13.6. The van der Waals surface area contributed by atoms with E-state index >= 15 is 0 Å². The van der Waals surface area contributed by atoms with Gasteiger partial charge in [0.25, 0.3) is 0 Å². The standard InChI is InChI=1S/C11H21FO/c1-6(2)8-5-9(7(3)4)11(13)10(8)12/h6-11,13H,5H2,1-4H3. The number of hydrogen-bond acceptors (Lipinski definition) is 1. The van der Waals surface area contributed by atoms with E-state index in [1.54, 1.807) is 0 Å². The van der Waals surface area contributed by atoms with Crippen LogP contribution in [0.25, 0.3) is 0 Å². The molecule has 0 aliphatic heterocycles. The van der Waals surface area contributed by atoms with Crippen LogP contribution in [-0.2, 0) is 0 Å². The zero-order chi connectivity index (χ0) is 10.2. The average Bonchev–Trinajstić information content (AvgIpc) is 2.29. The van der Waals surface area contributed by atoms with Gasteiger partial charge in [-0.3, -0.25) is 0 Å². The fourth-order valence-electron chi connectivity index (χ4n) is 2.38. The molecule has 0 heterocycles. The van der Waals surface area contributed by atoms with Crippen LogP contribution in [0.3, 0.4) is 0 Å². The van der Waals surface area contributed by atoms with E-state index in [9.17, 15) is 9.50 Å². The Kier molecular flexibility index (Phi) is 3.33. The molecule has 0 aromatic heterocycles. The topological polar surface area (TPSA) is 20.2 Å². The molecule has 4 unspecified atom stereocenters. The van der Waals surface area contributed by atoms with E-state index in [0.717, 1.165) is 6.42 Å². The Morgan fingerprint density at radius 3 is 1.77 bits per heavy atom. The van der Waals surface area contributed by atoms with Gasteiger partial charge in [-0.25, -0.2) is 4.39 Å².